The average Bonchev–Trinajstić information content (AvgIpc) is 4.15. The van der Waals surface area contributed by atoms with E-state index in [9.17, 15) is 19.1 Å². The number of aldehydes is 2. The van der Waals surface area contributed by atoms with Crippen molar-refractivity contribution in [2.24, 2.45) is 0 Å². The fourth-order valence-electron chi connectivity index (χ4n) is 6.61. The predicted molar refractivity (Wildman–Crippen MR) is 257 cm³/mol. The molecule has 5 aromatic heterocycles. The van der Waals surface area contributed by atoms with Gasteiger partial charge in [-0.05, 0) is 125 Å². The first-order valence-corrected chi connectivity index (χ1v) is 22.5. The first-order chi connectivity index (χ1) is 31.2. The summed E-state index contributed by atoms with van der Waals surface area (Å²) in [6.07, 6.45) is 11.2. The lowest BCUT2D eigenvalue weighted by Crippen LogP contribution is -1.99. The van der Waals surface area contributed by atoms with E-state index < -0.39 is 6.10 Å². The van der Waals surface area contributed by atoms with Crippen LogP contribution >= 0.6 is 45.9 Å². The maximum absolute atomic E-state index is 12.1. The number of thiazole rings is 2. The Labute approximate surface area is 394 Å². The minimum atomic E-state index is -0.699. The number of carbonyl (C=O) groups excluding carboxylic acids is 2. The number of halogens is 3. The highest BCUT2D eigenvalue weighted by atomic mass is 35.5. The van der Waals surface area contributed by atoms with Gasteiger partial charge in [0.2, 0.25) is 0 Å². The average molecular weight is 948 g/mol. The lowest BCUT2D eigenvalue weighted by atomic mass is 10.1. The number of rotatable bonds is 9. The van der Waals surface area contributed by atoms with E-state index in [1.807, 2.05) is 112 Å². The van der Waals surface area contributed by atoms with Gasteiger partial charge < -0.3 is 18.8 Å². The van der Waals surface area contributed by atoms with Crippen molar-refractivity contribution in [1.29, 1.82) is 0 Å². The zero-order valence-electron chi connectivity index (χ0n) is 36.4. The predicted octanol–water partition coefficient (Wildman–Crippen LogP) is 11.8. The molecule has 0 saturated carbocycles. The Morgan fingerprint density at radius 2 is 0.985 bits per heavy atom. The van der Waals surface area contributed by atoms with E-state index in [0.717, 1.165) is 74.8 Å². The molecule has 1 N–H and O–H groups in total. The normalized spacial score (nSPS) is 11.0. The van der Waals surface area contributed by atoms with E-state index in [1.54, 1.807) is 18.3 Å². The topological polar surface area (TPSA) is 134 Å². The van der Waals surface area contributed by atoms with Crippen LogP contribution in [0.2, 0.25) is 8.93 Å². The summed E-state index contributed by atoms with van der Waals surface area (Å²) in [5.41, 5.74) is 9.44. The van der Waals surface area contributed by atoms with Gasteiger partial charge in [-0.3, -0.25) is 9.59 Å². The van der Waals surface area contributed by atoms with Gasteiger partial charge in [0.05, 0.1) is 22.0 Å². The number of benzene rings is 4. The minimum Gasteiger partial charge on any atom is -0.383 e. The summed E-state index contributed by atoms with van der Waals surface area (Å²) in [6.45, 7) is 11.9. The summed E-state index contributed by atoms with van der Waals surface area (Å²) in [6, 6.07) is 29.1. The molecule has 0 aliphatic heterocycles. The number of imidazole rings is 3. The van der Waals surface area contributed by atoms with Gasteiger partial charge in [0.25, 0.3) is 0 Å². The van der Waals surface area contributed by atoms with E-state index in [1.165, 1.54) is 57.4 Å². The monoisotopic (exact) mass is 946 g/mol. The molecule has 0 radical (unpaired) electrons. The molecule has 0 amide bonds. The van der Waals surface area contributed by atoms with E-state index in [0.29, 0.717) is 26.3 Å². The van der Waals surface area contributed by atoms with Crippen molar-refractivity contribution in [3.8, 4) is 17.1 Å². The molecule has 0 fully saturated rings. The van der Waals surface area contributed by atoms with E-state index in [-0.39, 0.29) is 5.82 Å². The number of aliphatic hydroxyl groups is 1. The molecular weight excluding hydrogens is 903 g/mol. The molecule has 332 valence electrons. The van der Waals surface area contributed by atoms with Crippen molar-refractivity contribution in [1.82, 2.24) is 38.6 Å². The van der Waals surface area contributed by atoms with Gasteiger partial charge in [-0.2, -0.15) is 0 Å². The van der Waals surface area contributed by atoms with E-state index >= 15 is 0 Å². The van der Waals surface area contributed by atoms with Crippen LogP contribution in [0.1, 0.15) is 82.3 Å². The second-order valence-corrected chi connectivity index (χ2v) is 18.1. The fourth-order valence-corrected chi connectivity index (χ4v) is 8.59. The molecule has 65 heavy (non-hydrogen) atoms. The third-order valence-electron chi connectivity index (χ3n) is 9.69. The Morgan fingerprint density at radius 3 is 1.35 bits per heavy atom. The minimum absolute atomic E-state index is 0.319. The molecule has 1 unspecified atom stereocenters. The molecule has 4 aromatic carbocycles. The van der Waals surface area contributed by atoms with Gasteiger partial charge in [0.15, 0.2) is 8.93 Å². The van der Waals surface area contributed by atoms with Crippen LogP contribution < -0.4 is 0 Å². The largest absolute Gasteiger partial charge is 0.383 e. The molecule has 0 aliphatic rings. The number of nitrogens with zero attached hydrogens (tertiary/aromatic N) is 8. The lowest BCUT2D eigenvalue weighted by molar-refractivity contribution is 0.111. The van der Waals surface area contributed by atoms with E-state index in [2.05, 4.69) is 53.8 Å². The Morgan fingerprint density at radius 1 is 0.585 bits per heavy atom. The van der Waals surface area contributed by atoms with Crippen molar-refractivity contribution < 1.29 is 19.1 Å². The number of hydrogen-bond donors (Lipinski definition) is 1. The van der Waals surface area contributed by atoms with Crippen molar-refractivity contribution in [3.05, 3.63) is 209 Å². The zero-order valence-corrected chi connectivity index (χ0v) is 39.5. The smallest absolute Gasteiger partial charge is 0.183 e. The van der Waals surface area contributed by atoms with Gasteiger partial charge >= 0.3 is 0 Å². The second kappa shape index (κ2) is 22.5. The van der Waals surface area contributed by atoms with Crippen molar-refractivity contribution in [3.63, 3.8) is 0 Å². The summed E-state index contributed by atoms with van der Waals surface area (Å²) < 4.78 is 19.3. The number of hydrogen-bond acceptors (Lipinski definition) is 10. The van der Waals surface area contributed by atoms with Crippen LogP contribution in [0.3, 0.4) is 0 Å². The number of carbonyl (C=O) groups is 2. The van der Waals surface area contributed by atoms with Crippen LogP contribution in [0, 0.1) is 47.4 Å². The summed E-state index contributed by atoms with van der Waals surface area (Å²) in [5.74, 6) is 2.58. The van der Waals surface area contributed by atoms with Crippen molar-refractivity contribution in [2.45, 2.75) is 54.1 Å². The van der Waals surface area contributed by atoms with Crippen LogP contribution in [-0.2, 0) is 6.42 Å². The van der Waals surface area contributed by atoms with Gasteiger partial charge in [-0.25, -0.2) is 29.3 Å². The Balaban J connectivity index is 0.000000149. The summed E-state index contributed by atoms with van der Waals surface area (Å²) in [7, 11) is 0. The van der Waals surface area contributed by atoms with Crippen LogP contribution in [0.25, 0.3) is 17.1 Å². The SMILES string of the molecule is Cc1cn(-c2ccc(C(O)c3cnc(Cl)s3)cc2)c(C)n1.Cc1cn(-c2ccc(C=O)cc2)c(C)n1.Cc1cn(-c2ccc(Cc3cnc(Cl)s3)cc2)c(C)n1.O=Cc1ccc(F)cc1. The van der Waals surface area contributed by atoms with Crippen LogP contribution in [0.5, 0.6) is 0 Å². The van der Waals surface area contributed by atoms with Crippen LogP contribution in [-0.4, -0.2) is 56.3 Å². The summed E-state index contributed by atoms with van der Waals surface area (Å²) in [4.78, 5) is 43.6. The number of aryl methyl sites for hydroxylation is 6. The van der Waals surface area contributed by atoms with Crippen molar-refractivity contribution >= 4 is 58.4 Å². The lowest BCUT2D eigenvalue weighted by Gasteiger charge is -2.10. The van der Waals surface area contributed by atoms with Gasteiger partial charge in [0.1, 0.15) is 42.0 Å². The van der Waals surface area contributed by atoms with E-state index in [4.69, 9.17) is 23.2 Å². The highest BCUT2D eigenvalue weighted by Gasteiger charge is 2.14. The molecule has 0 aliphatic carbocycles. The number of aromatic nitrogens is 8. The van der Waals surface area contributed by atoms with Crippen LogP contribution in [0.4, 0.5) is 4.39 Å². The Bertz CT molecular complexity index is 2960. The number of aliphatic hydroxyl groups excluding tert-OH is 1. The summed E-state index contributed by atoms with van der Waals surface area (Å²) >= 11 is 14.5. The molecule has 9 rings (SSSR count). The Kier molecular flexibility index (Phi) is 16.6. The maximum atomic E-state index is 12.1. The second-order valence-electron chi connectivity index (χ2n) is 14.7. The molecule has 0 saturated heterocycles. The molecule has 16 heteroatoms. The summed E-state index contributed by atoms with van der Waals surface area (Å²) in [5, 5.41) is 10.3. The molecule has 5 heterocycles. The standard InChI is InChI=1S/C15H14ClN3OS.C15H14ClN3S.C12H12N2O.C7H5FO/c1-9-8-19(10(2)18-9)12-5-3-11(4-6-12)14(20)13-7-17-15(16)21-13;1-10-9-19(11(2)18-10)13-5-3-12(4-6-13)7-14-8-17-15(16)20-14;1-9-7-14(10(2)13-9)12-5-3-11(8-15)4-6-12;8-7-3-1-6(5-9)2-4-7/h3-8,14,20H,1-2H3;3-6,8-9H,7H2,1-2H3;3-8H,1-2H3;1-5H. The van der Waals surface area contributed by atoms with Crippen molar-refractivity contribution in [2.75, 3.05) is 0 Å². The molecular formula is C49H45Cl2FN8O3S2. The van der Waals surface area contributed by atoms with Gasteiger partial charge in [-0.15, -0.1) is 22.7 Å². The first kappa shape index (κ1) is 48.0. The van der Waals surface area contributed by atoms with Gasteiger partial charge in [0, 0.05) is 70.5 Å². The fraction of sp³-hybridized carbons (Fsp3) is 0.163. The molecule has 0 bridgehead atoms. The Hall–Kier alpha value is -6.42. The van der Waals surface area contributed by atoms with Crippen LogP contribution in [0.15, 0.2) is 128 Å². The quantitative estimate of drug-likeness (QED) is 0.141. The third kappa shape index (κ3) is 13.3. The highest BCUT2D eigenvalue weighted by Crippen LogP contribution is 2.30. The highest BCUT2D eigenvalue weighted by molar-refractivity contribution is 7.16. The third-order valence-corrected chi connectivity index (χ3v) is 12.0. The maximum Gasteiger partial charge on any atom is 0.183 e. The molecule has 1 atom stereocenters. The first-order valence-electron chi connectivity index (χ1n) is 20.1. The molecule has 0 spiro atoms. The molecule has 11 nitrogen and oxygen atoms in total. The zero-order chi connectivity index (χ0) is 46.6. The van der Waals surface area contributed by atoms with Gasteiger partial charge in [-0.1, -0.05) is 47.5 Å². The molecule has 9 aromatic rings.